The zero-order chi connectivity index (χ0) is 16.0. The fourth-order valence-electron chi connectivity index (χ4n) is 2.18. The van der Waals surface area contributed by atoms with Crippen molar-refractivity contribution in [3.63, 3.8) is 0 Å². The van der Waals surface area contributed by atoms with Gasteiger partial charge < -0.3 is 20.1 Å². The van der Waals surface area contributed by atoms with Crippen molar-refractivity contribution < 1.29 is 24.2 Å². The van der Waals surface area contributed by atoms with E-state index < -0.39 is 11.4 Å². The molecule has 0 radical (unpaired) electrons. The molecule has 7 nitrogen and oxygen atoms in total. The van der Waals surface area contributed by atoms with Crippen molar-refractivity contribution >= 4 is 18.0 Å². The van der Waals surface area contributed by atoms with Gasteiger partial charge in [-0.1, -0.05) is 0 Å². The summed E-state index contributed by atoms with van der Waals surface area (Å²) in [5.41, 5.74) is -1.07. The zero-order valence-electron chi connectivity index (χ0n) is 12.8. The summed E-state index contributed by atoms with van der Waals surface area (Å²) >= 11 is 0. The molecule has 7 heteroatoms. The van der Waals surface area contributed by atoms with E-state index in [2.05, 4.69) is 5.32 Å². The average molecular weight is 300 g/mol. The second-order valence-electron chi connectivity index (χ2n) is 5.89. The summed E-state index contributed by atoms with van der Waals surface area (Å²) in [6.45, 7) is 6.23. The van der Waals surface area contributed by atoms with Gasteiger partial charge in [-0.05, 0) is 33.6 Å². The van der Waals surface area contributed by atoms with E-state index in [0.717, 1.165) is 0 Å². The number of hydrogen-bond acceptors (Lipinski definition) is 4. The molecule has 0 aromatic heterocycles. The van der Waals surface area contributed by atoms with Gasteiger partial charge in [-0.25, -0.2) is 4.79 Å². The topological polar surface area (TPSA) is 95.9 Å². The SMILES string of the molecule is CCOC(=O)N1CCC(NC(=O)CC(C)(C)C(=O)O)CC1. The Labute approximate surface area is 124 Å². The Morgan fingerprint density at radius 1 is 1.29 bits per heavy atom. The van der Waals surface area contributed by atoms with Gasteiger partial charge in [-0.15, -0.1) is 0 Å². The first-order valence-corrected chi connectivity index (χ1v) is 7.20. The average Bonchev–Trinajstić information content (AvgIpc) is 2.38. The second kappa shape index (κ2) is 7.28. The number of carboxylic acid groups (broad SMARTS) is 1. The van der Waals surface area contributed by atoms with Crippen LogP contribution < -0.4 is 5.32 Å². The van der Waals surface area contributed by atoms with Crippen molar-refractivity contribution in [3.05, 3.63) is 0 Å². The molecule has 21 heavy (non-hydrogen) atoms. The van der Waals surface area contributed by atoms with E-state index in [0.29, 0.717) is 32.5 Å². The quantitative estimate of drug-likeness (QED) is 0.796. The molecule has 0 bridgehead atoms. The molecule has 0 aromatic carbocycles. The molecule has 1 aliphatic heterocycles. The number of hydrogen-bond donors (Lipinski definition) is 2. The molecular formula is C14H24N2O5. The minimum Gasteiger partial charge on any atom is -0.481 e. The first kappa shape index (κ1) is 17.3. The Hall–Kier alpha value is -1.79. The van der Waals surface area contributed by atoms with Crippen LogP contribution in [0.3, 0.4) is 0 Å². The van der Waals surface area contributed by atoms with E-state index in [4.69, 9.17) is 9.84 Å². The summed E-state index contributed by atoms with van der Waals surface area (Å²) in [5, 5.41) is 11.8. The van der Waals surface area contributed by atoms with Crippen LogP contribution in [-0.2, 0) is 14.3 Å². The standard InChI is InChI=1S/C14H24N2O5/c1-4-21-13(20)16-7-5-10(6-8-16)15-11(17)9-14(2,3)12(18)19/h10H,4-9H2,1-3H3,(H,15,17)(H,18,19). The summed E-state index contributed by atoms with van der Waals surface area (Å²) < 4.78 is 4.92. The van der Waals surface area contributed by atoms with Crippen LogP contribution in [-0.4, -0.2) is 53.7 Å². The minimum atomic E-state index is -1.07. The number of nitrogens with zero attached hydrogens (tertiary/aromatic N) is 1. The smallest absolute Gasteiger partial charge is 0.409 e. The third-order valence-corrected chi connectivity index (χ3v) is 3.57. The Kier molecular flexibility index (Phi) is 5.99. The molecular weight excluding hydrogens is 276 g/mol. The Morgan fingerprint density at radius 3 is 2.33 bits per heavy atom. The maximum absolute atomic E-state index is 11.9. The van der Waals surface area contributed by atoms with Crippen LogP contribution in [0, 0.1) is 5.41 Å². The highest BCUT2D eigenvalue weighted by atomic mass is 16.6. The maximum Gasteiger partial charge on any atom is 0.409 e. The molecule has 1 aliphatic rings. The van der Waals surface area contributed by atoms with Gasteiger partial charge in [-0.3, -0.25) is 9.59 Å². The Balaban J connectivity index is 2.37. The lowest BCUT2D eigenvalue weighted by atomic mass is 9.89. The number of piperidine rings is 1. The van der Waals surface area contributed by atoms with Crippen molar-refractivity contribution in [2.75, 3.05) is 19.7 Å². The number of carboxylic acids is 1. The van der Waals surface area contributed by atoms with Crippen molar-refractivity contribution in [2.24, 2.45) is 5.41 Å². The summed E-state index contributed by atoms with van der Waals surface area (Å²) in [4.78, 5) is 36.0. The van der Waals surface area contributed by atoms with Crippen molar-refractivity contribution in [3.8, 4) is 0 Å². The zero-order valence-corrected chi connectivity index (χ0v) is 12.8. The fourth-order valence-corrected chi connectivity index (χ4v) is 2.18. The largest absolute Gasteiger partial charge is 0.481 e. The first-order valence-electron chi connectivity index (χ1n) is 7.20. The van der Waals surface area contributed by atoms with Gasteiger partial charge >= 0.3 is 12.1 Å². The first-order chi connectivity index (χ1) is 9.76. The molecule has 2 amide bonds. The minimum absolute atomic E-state index is 0.0206. The van der Waals surface area contributed by atoms with Crippen molar-refractivity contribution in [1.29, 1.82) is 0 Å². The van der Waals surface area contributed by atoms with E-state index in [1.807, 2.05) is 0 Å². The fraction of sp³-hybridized carbons (Fsp3) is 0.786. The summed E-state index contributed by atoms with van der Waals surface area (Å²) in [7, 11) is 0. The molecule has 2 N–H and O–H groups in total. The van der Waals surface area contributed by atoms with Gasteiger partial charge in [0.25, 0.3) is 0 Å². The summed E-state index contributed by atoms with van der Waals surface area (Å²) in [6.07, 6.45) is 0.922. The highest BCUT2D eigenvalue weighted by molar-refractivity contribution is 5.84. The number of carbonyl (C=O) groups excluding carboxylic acids is 2. The Bertz CT molecular complexity index is 400. The van der Waals surface area contributed by atoms with Gasteiger partial charge in [0.2, 0.25) is 5.91 Å². The molecule has 120 valence electrons. The molecule has 0 atom stereocenters. The third kappa shape index (κ3) is 5.24. The molecule has 1 rings (SSSR count). The molecule has 0 spiro atoms. The van der Waals surface area contributed by atoms with Crippen LogP contribution in [0.5, 0.6) is 0 Å². The van der Waals surface area contributed by atoms with Crippen LogP contribution >= 0.6 is 0 Å². The monoisotopic (exact) mass is 300 g/mol. The number of carbonyl (C=O) groups is 3. The van der Waals surface area contributed by atoms with E-state index in [1.165, 1.54) is 13.8 Å². The van der Waals surface area contributed by atoms with Crippen molar-refractivity contribution in [1.82, 2.24) is 10.2 Å². The van der Waals surface area contributed by atoms with Gasteiger partial charge in [0.15, 0.2) is 0 Å². The molecule has 0 unspecified atom stereocenters. The maximum atomic E-state index is 11.9. The number of nitrogens with one attached hydrogen (secondary N) is 1. The van der Waals surface area contributed by atoms with E-state index >= 15 is 0 Å². The van der Waals surface area contributed by atoms with Gasteiger partial charge in [0, 0.05) is 25.6 Å². The number of amides is 2. The van der Waals surface area contributed by atoms with Crippen LogP contribution in [0.1, 0.15) is 40.0 Å². The molecule has 0 saturated carbocycles. The van der Waals surface area contributed by atoms with Gasteiger partial charge in [-0.2, -0.15) is 0 Å². The van der Waals surface area contributed by atoms with Crippen LogP contribution in [0.25, 0.3) is 0 Å². The molecule has 0 aromatic rings. The highest BCUT2D eigenvalue weighted by Gasteiger charge is 2.31. The van der Waals surface area contributed by atoms with E-state index in [9.17, 15) is 14.4 Å². The van der Waals surface area contributed by atoms with Crippen LogP contribution in [0.2, 0.25) is 0 Å². The highest BCUT2D eigenvalue weighted by Crippen LogP contribution is 2.21. The van der Waals surface area contributed by atoms with Gasteiger partial charge in [0.05, 0.1) is 12.0 Å². The molecule has 1 saturated heterocycles. The molecule has 1 fully saturated rings. The third-order valence-electron chi connectivity index (χ3n) is 3.57. The summed E-state index contributed by atoms with van der Waals surface area (Å²) in [6, 6.07) is -0.0206. The number of rotatable bonds is 5. The number of ether oxygens (including phenoxy) is 1. The van der Waals surface area contributed by atoms with Gasteiger partial charge in [0.1, 0.15) is 0 Å². The predicted octanol–water partition coefficient (Wildman–Crippen LogP) is 1.22. The number of aliphatic carboxylic acids is 1. The lowest BCUT2D eigenvalue weighted by molar-refractivity contribution is -0.149. The van der Waals surface area contributed by atoms with E-state index in [1.54, 1.807) is 11.8 Å². The molecule has 0 aliphatic carbocycles. The Morgan fingerprint density at radius 2 is 1.86 bits per heavy atom. The molecule has 1 heterocycles. The normalized spacial score (nSPS) is 16.4. The summed E-state index contributed by atoms with van der Waals surface area (Å²) in [5.74, 6) is -1.26. The number of likely N-dealkylation sites (tertiary alicyclic amines) is 1. The van der Waals surface area contributed by atoms with Crippen LogP contribution in [0.4, 0.5) is 4.79 Å². The van der Waals surface area contributed by atoms with Crippen molar-refractivity contribution in [2.45, 2.75) is 46.1 Å². The van der Waals surface area contributed by atoms with E-state index in [-0.39, 0.29) is 24.5 Å². The lowest BCUT2D eigenvalue weighted by Gasteiger charge is -2.32. The predicted molar refractivity (Wildman–Crippen MR) is 75.8 cm³/mol. The second-order valence-corrected chi connectivity index (χ2v) is 5.89. The van der Waals surface area contributed by atoms with Crippen LogP contribution in [0.15, 0.2) is 0 Å². The lowest BCUT2D eigenvalue weighted by Crippen LogP contribution is -2.47.